The standard InChI is InChI=1S/C9H18N4/c1-9-8-10-2-4-12(8)6-7-13(9)5-3-11-9/h8,10-11H,2-7H2,1H3. The van der Waals surface area contributed by atoms with Gasteiger partial charge in [-0.25, -0.2) is 0 Å². The third-order valence-corrected chi connectivity index (χ3v) is 3.81. The summed E-state index contributed by atoms with van der Waals surface area (Å²) in [5.74, 6) is 0. The summed E-state index contributed by atoms with van der Waals surface area (Å²) in [6, 6.07) is 0. The number of piperazine rings is 1. The van der Waals surface area contributed by atoms with E-state index < -0.39 is 0 Å². The monoisotopic (exact) mass is 182 g/mol. The predicted molar refractivity (Wildman–Crippen MR) is 51.3 cm³/mol. The van der Waals surface area contributed by atoms with E-state index in [1.54, 1.807) is 0 Å². The van der Waals surface area contributed by atoms with Crippen LogP contribution in [0.15, 0.2) is 0 Å². The molecule has 2 N–H and O–H groups in total. The molecule has 0 bridgehead atoms. The Bertz CT molecular complexity index is 220. The minimum absolute atomic E-state index is 0.189. The van der Waals surface area contributed by atoms with E-state index in [0.717, 1.165) is 13.1 Å². The average molecular weight is 182 g/mol. The van der Waals surface area contributed by atoms with Crippen molar-refractivity contribution in [3.05, 3.63) is 0 Å². The zero-order valence-corrected chi connectivity index (χ0v) is 8.21. The first-order valence-corrected chi connectivity index (χ1v) is 5.28. The summed E-state index contributed by atoms with van der Waals surface area (Å²) in [6.45, 7) is 9.50. The maximum atomic E-state index is 3.63. The van der Waals surface area contributed by atoms with Crippen LogP contribution in [0.5, 0.6) is 0 Å². The highest BCUT2D eigenvalue weighted by Gasteiger charge is 2.49. The summed E-state index contributed by atoms with van der Waals surface area (Å²) < 4.78 is 0. The molecule has 2 unspecified atom stereocenters. The van der Waals surface area contributed by atoms with Gasteiger partial charge in [0.2, 0.25) is 0 Å². The molecule has 0 amide bonds. The van der Waals surface area contributed by atoms with Crippen molar-refractivity contribution in [1.82, 2.24) is 20.4 Å². The Morgan fingerprint density at radius 1 is 1.15 bits per heavy atom. The SMILES string of the molecule is CC12NCCN1CCN1CCNC12. The molecule has 3 saturated heterocycles. The van der Waals surface area contributed by atoms with E-state index in [2.05, 4.69) is 27.4 Å². The molecule has 0 aromatic heterocycles. The molecular formula is C9H18N4. The van der Waals surface area contributed by atoms with Crippen LogP contribution in [0.25, 0.3) is 0 Å². The molecule has 0 aromatic rings. The number of hydrogen-bond donors (Lipinski definition) is 2. The summed E-state index contributed by atoms with van der Waals surface area (Å²) in [7, 11) is 0. The molecule has 3 rings (SSSR count). The number of nitrogens with one attached hydrogen (secondary N) is 2. The third-order valence-electron chi connectivity index (χ3n) is 3.81. The van der Waals surface area contributed by atoms with Gasteiger partial charge in [0.05, 0.1) is 11.8 Å². The van der Waals surface area contributed by atoms with Crippen molar-refractivity contribution < 1.29 is 0 Å². The largest absolute Gasteiger partial charge is 0.298 e. The summed E-state index contributed by atoms with van der Waals surface area (Å²) in [4.78, 5) is 5.14. The maximum Gasteiger partial charge on any atom is 0.0980 e. The molecule has 0 aliphatic carbocycles. The van der Waals surface area contributed by atoms with Gasteiger partial charge in [-0.05, 0) is 6.92 Å². The van der Waals surface area contributed by atoms with Crippen LogP contribution in [0, 0.1) is 0 Å². The van der Waals surface area contributed by atoms with E-state index >= 15 is 0 Å². The van der Waals surface area contributed by atoms with Gasteiger partial charge in [-0.2, -0.15) is 0 Å². The number of rotatable bonds is 0. The molecule has 0 radical (unpaired) electrons. The summed E-state index contributed by atoms with van der Waals surface area (Å²) in [6.07, 6.45) is 0.531. The summed E-state index contributed by atoms with van der Waals surface area (Å²) >= 11 is 0. The quantitative estimate of drug-likeness (QED) is 0.495. The molecule has 3 aliphatic rings. The molecular weight excluding hydrogens is 164 g/mol. The Kier molecular flexibility index (Phi) is 1.68. The number of nitrogens with zero attached hydrogens (tertiary/aromatic N) is 2. The van der Waals surface area contributed by atoms with Gasteiger partial charge in [0, 0.05) is 39.3 Å². The van der Waals surface area contributed by atoms with Crippen LogP contribution >= 0.6 is 0 Å². The van der Waals surface area contributed by atoms with Crippen molar-refractivity contribution in [1.29, 1.82) is 0 Å². The lowest BCUT2D eigenvalue weighted by molar-refractivity contribution is -0.0164. The smallest absolute Gasteiger partial charge is 0.0980 e. The maximum absolute atomic E-state index is 3.63. The predicted octanol–water partition coefficient (Wildman–Crippen LogP) is -1.15. The Balaban J connectivity index is 1.90. The lowest BCUT2D eigenvalue weighted by Gasteiger charge is -2.48. The van der Waals surface area contributed by atoms with Crippen molar-refractivity contribution in [2.45, 2.75) is 18.8 Å². The molecule has 0 spiro atoms. The highest BCUT2D eigenvalue weighted by Crippen LogP contribution is 2.28. The molecule has 4 heteroatoms. The molecule has 3 heterocycles. The van der Waals surface area contributed by atoms with Crippen LogP contribution in [0.1, 0.15) is 6.92 Å². The van der Waals surface area contributed by atoms with Gasteiger partial charge in [-0.3, -0.25) is 20.4 Å². The first kappa shape index (κ1) is 8.17. The van der Waals surface area contributed by atoms with Gasteiger partial charge in [0.15, 0.2) is 0 Å². The Labute approximate surface area is 79.3 Å². The second-order valence-electron chi connectivity index (χ2n) is 4.45. The molecule has 0 saturated carbocycles. The average Bonchev–Trinajstić information content (AvgIpc) is 2.67. The minimum Gasteiger partial charge on any atom is -0.298 e. The Morgan fingerprint density at radius 2 is 2.08 bits per heavy atom. The molecule has 13 heavy (non-hydrogen) atoms. The van der Waals surface area contributed by atoms with Crippen LogP contribution < -0.4 is 10.6 Å². The number of fused-ring (bicyclic) bond motifs is 3. The highest BCUT2D eigenvalue weighted by molar-refractivity contribution is 5.04. The van der Waals surface area contributed by atoms with E-state index in [1.807, 2.05) is 0 Å². The lowest BCUT2D eigenvalue weighted by atomic mass is 10.1. The normalized spacial score (nSPS) is 46.4. The minimum atomic E-state index is 0.189. The molecule has 0 aromatic carbocycles. The first-order chi connectivity index (χ1) is 6.31. The van der Waals surface area contributed by atoms with E-state index in [4.69, 9.17) is 0 Å². The van der Waals surface area contributed by atoms with Crippen LogP contribution in [-0.2, 0) is 0 Å². The zero-order valence-electron chi connectivity index (χ0n) is 8.21. The number of hydrogen-bond acceptors (Lipinski definition) is 4. The van der Waals surface area contributed by atoms with Gasteiger partial charge < -0.3 is 0 Å². The fraction of sp³-hybridized carbons (Fsp3) is 1.00. The second kappa shape index (κ2) is 2.67. The fourth-order valence-corrected chi connectivity index (χ4v) is 3.05. The zero-order chi connectivity index (χ0) is 8.89. The van der Waals surface area contributed by atoms with Gasteiger partial charge in [-0.15, -0.1) is 0 Å². The van der Waals surface area contributed by atoms with Crippen LogP contribution in [0.3, 0.4) is 0 Å². The van der Waals surface area contributed by atoms with Crippen molar-refractivity contribution >= 4 is 0 Å². The lowest BCUT2D eigenvalue weighted by Crippen LogP contribution is -2.69. The van der Waals surface area contributed by atoms with E-state index in [1.165, 1.54) is 26.2 Å². The first-order valence-electron chi connectivity index (χ1n) is 5.28. The van der Waals surface area contributed by atoms with E-state index in [-0.39, 0.29) is 5.66 Å². The Morgan fingerprint density at radius 3 is 3.00 bits per heavy atom. The van der Waals surface area contributed by atoms with Crippen molar-refractivity contribution in [2.75, 3.05) is 39.3 Å². The van der Waals surface area contributed by atoms with Crippen molar-refractivity contribution in [3.63, 3.8) is 0 Å². The fourth-order valence-electron chi connectivity index (χ4n) is 3.05. The van der Waals surface area contributed by atoms with Crippen LogP contribution in [0.2, 0.25) is 0 Å². The van der Waals surface area contributed by atoms with Gasteiger partial charge in [0.25, 0.3) is 0 Å². The van der Waals surface area contributed by atoms with Gasteiger partial charge in [0.1, 0.15) is 0 Å². The topological polar surface area (TPSA) is 30.5 Å². The summed E-state index contributed by atoms with van der Waals surface area (Å²) in [5.41, 5.74) is 0.189. The molecule has 4 nitrogen and oxygen atoms in total. The molecule has 74 valence electrons. The van der Waals surface area contributed by atoms with Gasteiger partial charge >= 0.3 is 0 Å². The second-order valence-corrected chi connectivity index (χ2v) is 4.45. The highest BCUT2D eigenvalue weighted by atomic mass is 15.5. The van der Waals surface area contributed by atoms with Crippen LogP contribution in [0.4, 0.5) is 0 Å². The van der Waals surface area contributed by atoms with Crippen molar-refractivity contribution in [2.24, 2.45) is 0 Å². The Hall–Kier alpha value is -0.160. The summed E-state index contributed by atoms with van der Waals surface area (Å²) in [5, 5.41) is 7.22. The van der Waals surface area contributed by atoms with Crippen molar-refractivity contribution in [3.8, 4) is 0 Å². The van der Waals surface area contributed by atoms with Gasteiger partial charge in [-0.1, -0.05) is 0 Å². The molecule has 2 atom stereocenters. The van der Waals surface area contributed by atoms with Crippen LogP contribution in [-0.4, -0.2) is 60.9 Å². The van der Waals surface area contributed by atoms with E-state index in [9.17, 15) is 0 Å². The molecule has 3 aliphatic heterocycles. The molecule has 3 fully saturated rings. The third kappa shape index (κ3) is 1.00. The van der Waals surface area contributed by atoms with E-state index in [0.29, 0.717) is 6.17 Å².